The van der Waals surface area contributed by atoms with E-state index in [4.69, 9.17) is 5.11 Å². The summed E-state index contributed by atoms with van der Waals surface area (Å²) in [4.78, 5) is 0. The largest absolute Gasteiger partial charge is 0.416 e. The maximum absolute atomic E-state index is 12.8. The van der Waals surface area contributed by atoms with E-state index in [0.29, 0.717) is 30.4 Å². The number of hydrogen-bond donors (Lipinski definition) is 2. The summed E-state index contributed by atoms with van der Waals surface area (Å²) < 4.78 is 38.4. The van der Waals surface area contributed by atoms with Gasteiger partial charge >= 0.3 is 6.18 Å². The molecular weight excluding hydrogens is 279 g/mol. The highest BCUT2D eigenvalue weighted by Crippen LogP contribution is 2.42. The molecule has 0 saturated heterocycles. The number of nitrogens with one attached hydrogen (secondary N) is 1. The van der Waals surface area contributed by atoms with Crippen molar-refractivity contribution in [3.05, 3.63) is 35.4 Å². The van der Waals surface area contributed by atoms with Crippen LogP contribution in [0, 0.1) is 11.8 Å². The fourth-order valence-corrected chi connectivity index (χ4v) is 2.55. The molecule has 2 atom stereocenters. The molecule has 0 amide bonds. The van der Waals surface area contributed by atoms with Crippen molar-refractivity contribution in [1.29, 1.82) is 0 Å². The van der Waals surface area contributed by atoms with Crippen LogP contribution in [-0.2, 0) is 6.18 Å². The molecule has 1 fully saturated rings. The minimum Gasteiger partial charge on any atom is -0.396 e. The van der Waals surface area contributed by atoms with Crippen LogP contribution in [0.25, 0.3) is 0 Å². The molecule has 1 saturated carbocycles. The predicted molar refractivity (Wildman–Crippen MR) is 75.8 cm³/mol. The summed E-state index contributed by atoms with van der Waals surface area (Å²) in [7, 11) is 0. The van der Waals surface area contributed by atoms with Crippen LogP contribution in [0.1, 0.15) is 43.4 Å². The van der Waals surface area contributed by atoms with Crippen LogP contribution < -0.4 is 5.32 Å². The van der Waals surface area contributed by atoms with Gasteiger partial charge in [-0.25, -0.2) is 0 Å². The fourth-order valence-electron chi connectivity index (χ4n) is 2.55. The van der Waals surface area contributed by atoms with Crippen molar-refractivity contribution in [2.75, 3.05) is 13.2 Å². The first-order valence-corrected chi connectivity index (χ1v) is 7.43. The molecule has 0 aliphatic heterocycles. The minimum absolute atomic E-state index is 0.0200. The Labute approximate surface area is 123 Å². The van der Waals surface area contributed by atoms with Gasteiger partial charge in [0, 0.05) is 12.6 Å². The predicted octanol–water partition coefficient (Wildman–Crippen LogP) is 3.76. The molecule has 0 aromatic heterocycles. The van der Waals surface area contributed by atoms with Gasteiger partial charge in [0.1, 0.15) is 0 Å². The zero-order valence-corrected chi connectivity index (χ0v) is 12.2. The van der Waals surface area contributed by atoms with E-state index in [2.05, 4.69) is 5.32 Å². The van der Waals surface area contributed by atoms with E-state index in [9.17, 15) is 13.2 Å². The van der Waals surface area contributed by atoms with E-state index >= 15 is 0 Å². The molecule has 0 radical (unpaired) electrons. The summed E-state index contributed by atoms with van der Waals surface area (Å²) in [5.74, 6) is 0.733. The highest BCUT2D eigenvalue weighted by molar-refractivity contribution is 5.29. The van der Waals surface area contributed by atoms with Crippen LogP contribution in [0.2, 0.25) is 0 Å². The zero-order chi connectivity index (χ0) is 15.5. The summed E-state index contributed by atoms with van der Waals surface area (Å²) in [5.41, 5.74) is 0.124. The van der Waals surface area contributed by atoms with Crippen LogP contribution >= 0.6 is 0 Å². The van der Waals surface area contributed by atoms with Crippen molar-refractivity contribution >= 4 is 0 Å². The zero-order valence-electron chi connectivity index (χ0n) is 12.2. The molecule has 118 valence electrons. The van der Waals surface area contributed by atoms with Crippen LogP contribution in [0.3, 0.4) is 0 Å². The minimum atomic E-state index is -4.30. The Bertz CT molecular complexity index is 457. The number of aliphatic hydroxyl groups excluding tert-OH is 1. The Kier molecular flexibility index (Phi) is 5.27. The number of halogens is 3. The van der Waals surface area contributed by atoms with Crippen LogP contribution in [0.15, 0.2) is 24.3 Å². The van der Waals surface area contributed by atoms with E-state index in [1.807, 2.05) is 6.92 Å². The summed E-state index contributed by atoms with van der Waals surface area (Å²) >= 11 is 0. The second kappa shape index (κ2) is 6.79. The SMILES string of the molecule is CC(CCO)CNC(c1cccc(C(F)(F)F)c1)C1CC1. The molecule has 2 N–H and O–H groups in total. The molecule has 5 heteroatoms. The van der Waals surface area contributed by atoms with Gasteiger partial charge in [0.15, 0.2) is 0 Å². The molecule has 21 heavy (non-hydrogen) atoms. The summed E-state index contributed by atoms with van der Waals surface area (Å²) in [5, 5.41) is 12.3. The third-order valence-corrected chi connectivity index (χ3v) is 3.97. The van der Waals surface area contributed by atoms with Crippen LogP contribution in [0.4, 0.5) is 13.2 Å². The molecule has 2 unspecified atom stereocenters. The third-order valence-electron chi connectivity index (χ3n) is 3.97. The first-order valence-electron chi connectivity index (χ1n) is 7.43. The smallest absolute Gasteiger partial charge is 0.396 e. The number of benzene rings is 1. The van der Waals surface area contributed by atoms with Crippen LogP contribution in [-0.4, -0.2) is 18.3 Å². The van der Waals surface area contributed by atoms with Gasteiger partial charge in [-0.3, -0.25) is 0 Å². The molecule has 1 aromatic carbocycles. The number of rotatable bonds is 7. The van der Waals surface area contributed by atoms with Crippen molar-refractivity contribution in [2.24, 2.45) is 11.8 Å². The molecule has 1 aliphatic carbocycles. The summed E-state index contributed by atoms with van der Waals surface area (Å²) in [6, 6.07) is 5.59. The van der Waals surface area contributed by atoms with Crippen molar-refractivity contribution in [3.63, 3.8) is 0 Å². The van der Waals surface area contributed by atoms with Gasteiger partial charge in [0.25, 0.3) is 0 Å². The second-order valence-corrected chi connectivity index (χ2v) is 5.96. The normalized spacial score (nSPS) is 18.5. The van der Waals surface area contributed by atoms with Crippen LogP contribution in [0.5, 0.6) is 0 Å². The lowest BCUT2D eigenvalue weighted by molar-refractivity contribution is -0.137. The number of hydrogen-bond acceptors (Lipinski definition) is 2. The Balaban J connectivity index is 2.08. The van der Waals surface area contributed by atoms with Gasteiger partial charge in [-0.05, 0) is 55.3 Å². The topological polar surface area (TPSA) is 32.3 Å². The van der Waals surface area contributed by atoms with Crippen molar-refractivity contribution < 1.29 is 18.3 Å². The van der Waals surface area contributed by atoms with Gasteiger partial charge in [0.05, 0.1) is 5.56 Å². The van der Waals surface area contributed by atoms with Gasteiger partial charge in [0.2, 0.25) is 0 Å². The first kappa shape index (κ1) is 16.3. The lowest BCUT2D eigenvalue weighted by Gasteiger charge is -2.22. The molecule has 0 spiro atoms. The van der Waals surface area contributed by atoms with E-state index in [-0.39, 0.29) is 12.6 Å². The fraction of sp³-hybridized carbons (Fsp3) is 0.625. The standard InChI is InChI=1S/C16H22F3NO/c1-11(7-8-21)10-20-15(12-5-6-12)13-3-2-4-14(9-13)16(17,18)19/h2-4,9,11-12,15,20-21H,5-8,10H2,1H3. The maximum atomic E-state index is 12.8. The van der Waals surface area contributed by atoms with E-state index in [1.54, 1.807) is 6.07 Å². The Morgan fingerprint density at radius 2 is 2.05 bits per heavy atom. The quantitative estimate of drug-likeness (QED) is 0.803. The summed E-state index contributed by atoms with van der Waals surface area (Å²) in [6.07, 6.45) is -1.48. The van der Waals surface area contributed by atoms with Gasteiger partial charge in [-0.15, -0.1) is 0 Å². The number of aliphatic hydroxyl groups is 1. The van der Waals surface area contributed by atoms with Gasteiger partial charge in [-0.1, -0.05) is 19.1 Å². The number of alkyl halides is 3. The highest BCUT2D eigenvalue weighted by Gasteiger charge is 2.35. The van der Waals surface area contributed by atoms with Gasteiger partial charge in [-0.2, -0.15) is 13.2 Å². The average Bonchev–Trinajstić information content (AvgIpc) is 3.23. The Hall–Kier alpha value is -1.07. The maximum Gasteiger partial charge on any atom is 0.416 e. The first-order chi connectivity index (χ1) is 9.91. The molecule has 0 heterocycles. The van der Waals surface area contributed by atoms with Gasteiger partial charge < -0.3 is 10.4 Å². The molecule has 0 bridgehead atoms. The monoisotopic (exact) mass is 301 g/mol. The molecule has 2 rings (SSSR count). The lowest BCUT2D eigenvalue weighted by atomic mass is 9.98. The van der Waals surface area contributed by atoms with E-state index < -0.39 is 11.7 Å². The molecule has 1 aliphatic rings. The second-order valence-electron chi connectivity index (χ2n) is 5.96. The molecule has 2 nitrogen and oxygen atoms in total. The Morgan fingerprint density at radius 3 is 2.62 bits per heavy atom. The van der Waals surface area contributed by atoms with E-state index in [1.165, 1.54) is 12.1 Å². The molecular formula is C16H22F3NO. The molecule has 1 aromatic rings. The Morgan fingerprint density at radius 1 is 1.33 bits per heavy atom. The summed E-state index contributed by atoms with van der Waals surface area (Å²) in [6.45, 7) is 2.87. The highest BCUT2D eigenvalue weighted by atomic mass is 19.4. The van der Waals surface area contributed by atoms with E-state index in [0.717, 1.165) is 18.9 Å². The lowest BCUT2D eigenvalue weighted by Crippen LogP contribution is -2.28. The third kappa shape index (κ3) is 4.71. The van der Waals surface area contributed by atoms with Crippen molar-refractivity contribution in [1.82, 2.24) is 5.32 Å². The van der Waals surface area contributed by atoms with Crippen molar-refractivity contribution in [3.8, 4) is 0 Å². The van der Waals surface area contributed by atoms with Crippen molar-refractivity contribution in [2.45, 2.75) is 38.4 Å². The average molecular weight is 301 g/mol.